The molecule has 0 amide bonds. The Labute approximate surface area is 168 Å². The lowest BCUT2D eigenvalue weighted by Gasteiger charge is -2.09. The molecule has 144 valence electrons. The van der Waals surface area contributed by atoms with E-state index in [0.29, 0.717) is 18.0 Å². The number of halogens is 1. The summed E-state index contributed by atoms with van der Waals surface area (Å²) in [7, 11) is 0. The fourth-order valence-electron chi connectivity index (χ4n) is 2.56. The number of anilines is 3. The van der Waals surface area contributed by atoms with Gasteiger partial charge in [-0.25, -0.2) is 14.8 Å². The van der Waals surface area contributed by atoms with Crippen molar-refractivity contribution in [2.75, 3.05) is 23.8 Å². The number of carbonyl (C=O) groups excluding carboxylic acids is 1. The summed E-state index contributed by atoms with van der Waals surface area (Å²) in [6.45, 7) is 2.88. The molecule has 0 saturated carbocycles. The average molecular weight is 397 g/mol. The molecule has 2 aromatic carbocycles. The summed E-state index contributed by atoms with van der Waals surface area (Å²) in [5, 5.41) is 7.22. The smallest absolute Gasteiger partial charge is 0.338 e. The number of rotatable bonds is 8. The van der Waals surface area contributed by atoms with Crippen LogP contribution in [-0.2, 0) is 11.2 Å². The SMILES string of the molecule is CCOC(=O)c1ccc(Nc2cc(NCCc3ccc(Cl)cc3)ncn2)cc1. The van der Waals surface area contributed by atoms with E-state index < -0.39 is 0 Å². The molecular weight excluding hydrogens is 376 g/mol. The van der Waals surface area contributed by atoms with Crippen LogP contribution in [0.3, 0.4) is 0 Å². The van der Waals surface area contributed by atoms with Crippen LogP contribution in [0.15, 0.2) is 60.9 Å². The van der Waals surface area contributed by atoms with Crippen molar-refractivity contribution in [3.8, 4) is 0 Å². The van der Waals surface area contributed by atoms with Crippen molar-refractivity contribution in [1.29, 1.82) is 0 Å². The van der Waals surface area contributed by atoms with Gasteiger partial charge in [0.15, 0.2) is 0 Å². The molecule has 1 aromatic heterocycles. The highest BCUT2D eigenvalue weighted by atomic mass is 35.5. The quantitative estimate of drug-likeness (QED) is 0.537. The Hall–Kier alpha value is -3.12. The third-order valence-corrected chi connectivity index (χ3v) is 4.22. The highest BCUT2D eigenvalue weighted by Crippen LogP contribution is 2.17. The first-order valence-electron chi connectivity index (χ1n) is 8.98. The van der Waals surface area contributed by atoms with Gasteiger partial charge in [-0.1, -0.05) is 23.7 Å². The van der Waals surface area contributed by atoms with Gasteiger partial charge in [0, 0.05) is 23.3 Å². The highest BCUT2D eigenvalue weighted by Gasteiger charge is 2.06. The van der Waals surface area contributed by atoms with Crippen LogP contribution in [0.2, 0.25) is 5.02 Å². The fraction of sp³-hybridized carbons (Fsp3) is 0.190. The van der Waals surface area contributed by atoms with Gasteiger partial charge in [-0.05, 0) is 55.3 Å². The number of nitrogens with zero attached hydrogens (tertiary/aromatic N) is 2. The van der Waals surface area contributed by atoms with E-state index in [1.54, 1.807) is 19.1 Å². The number of hydrogen-bond donors (Lipinski definition) is 2. The highest BCUT2D eigenvalue weighted by molar-refractivity contribution is 6.30. The maximum absolute atomic E-state index is 11.7. The van der Waals surface area contributed by atoms with Crippen LogP contribution in [0.1, 0.15) is 22.8 Å². The zero-order valence-electron chi connectivity index (χ0n) is 15.5. The molecule has 6 nitrogen and oxygen atoms in total. The molecular formula is C21H21ClN4O2. The zero-order valence-corrected chi connectivity index (χ0v) is 16.2. The number of carbonyl (C=O) groups is 1. The van der Waals surface area contributed by atoms with Gasteiger partial charge in [-0.3, -0.25) is 0 Å². The third kappa shape index (κ3) is 5.69. The van der Waals surface area contributed by atoms with Crippen LogP contribution in [0.5, 0.6) is 0 Å². The lowest BCUT2D eigenvalue weighted by Crippen LogP contribution is -2.07. The lowest BCUT2D eigenvalue weighted by molar-refractivity contribution is 0.0526. The van der Waals surface area contributed by atoms with Crippen molar-refractivity contribution in [3.05, 3.63) is 77.1 Å². The molecule has 3 rings (SSSR count). The van der Waals surface area contributed by atoms with Gasteiger partial charge in [0.1, 0.15) is 18.0 Å². The summed E-state index contributed by atoms with van der Waals surface area (Å²) in [6, 6.07) is 16.7. The number of nitrogens with one attached hydrogen (secondary N) is 2. The number of aromatic nitrogens is 2. The van der Waals surface area contributed by atoms with Crippen molar-refractivity contribution < 1.29 is 9.53 Å². The fourth-order valence-corrected chi connectivity index (χ4v) is 2.69. The van der Waals surface area contributed by atoms with Crippen molar-refractivity contribution in [1.82, 2.24) is 9.97 Å². The number of ether oxygens (including phenoxy) is 1. The Bertz CT molecular complexity index is 914. The molecule has 28 heavy (non-hydrogen) atoms. The van der Waals surface area contributed by atoms with Crippen molar-refractivity contribution >= 4 is 34.9 Å². The largest absolute Gasteiger partial charge is 0.462 e. The molecule has 0 fully saturated rings. The molecule has 0 aliphatic heterocycles. The second-order valence-corrected chi connectivity index (χ2v) is 6.45. The van der Waals surface area contributed by atoms with Crippen LogP contribution in [0.4, 0.5) is 17.3 Å². The minimum absolute atomic E-state index is 0.330. The lowest BCUT2D eigenvalue weighted by atomic mass is 10.1. The summed E-state index contributed by atoms with van der Waals surface area (Å²) >= 11 is 5.90. The van der Waals surface area contributed by atoms with E-state index in [1.165, 1.54) is 11.9 Å². The third-order valence-electron chi connectivity index (χ3n) is 3.97. The predicted molar refractivity (Wildman–Crippen MR) is 111 cm³/mol. The topological polar surface area (TPSA) is 76.1 Å². The predicted octanol–water partition coefficient (Wildman–Crippen LogP) is 4.70. The van der Waals surface area contributed by atoms with Crippen LogP contribution >= 0.6 is 11.6 Å². The molecule has 7 heteroatoms. The molecule has 0 unspecified atom stereocenters. The number of hydrogen-bond acceptors (Lipinski definition) is 6. The maximum atomic E-state index is 11.7. The Morgan fingerprint density at radius 2 is 1.75 bits per heavy atom. The first-order chi connectivity index (χ1) is 13.6. The van der Waals surface area contributed by atoms with Gasteiger partial charge in [0.25, 0.3) is 0 Å². The van der Waals surface area contributed by atoms with E-state index in [4.69, 9.17) is 16.3 Å². The van der Waals surface area contributed by atoms with Crippen molar-refractivity contribution in [2.45, 2.75) is 13.3 Å². The molecule has 0 radical (unpaired) electrons. The second kappa shape index (κ2) is 9.71. The molecule has 0 aliphatic carbocycles. The summed E-state index contributed by atoms with van der Waals surface area (Å²) in [4.78, 5) is 20.2. The van der Waals surface area contributed by atoms with Gasteiger partial charge < -0.3 is 15.4 Å². The van der Waals surface area contributed by atoms with E-state index in [-0.39, 0.29) is 5.97 Å². The van der Waals surface area contributed by atoms with Crippen LogP contribution in [-0.4, -0.2) is 29.1 Å². The molecule has 3 aromatic rings. The minimum atomic E-state index is -0.330. The first-order valence-corrected chi connectivity index (χ1v) is 9.36. The molecule has 2 N–H and O–H groups in total. The van der Waals surface area contributed by atoms with E-state index in [1.807, 2.05) is 42.5 Å². The Morgan fingerprint density at radius 1 is 1.04 bits per heavy atom. The normalized spacial score (nSPS) is 10.4. The molecule has 0 spiro atoms. The summed E-state index contributed by atoms with van der Waals surface area (Å²) in [5.41, 5.74) is 2.53. The Kier molecular flexibility index (Phi) is 6.81. The van der Waals surface area contributed by atoms with Crippen molar-refractivity contribution in [3.63, 3.8) is 0 Å². The molecule has 0 saturated heterocycles. The Balaban J connectivity index is 1.55. The van der Waals surface area contributed by atoms with Gasteiger partial charge in [0.05, 0.1) is 12.2 Å². The summed E-state index contributed by atoms with van der Waals surface area (Å²) in [5.74, 6) is 1.06. The number of esters is 1. The van der Waals surface area contributed by atoms with Gasteiger partial charge in [-0.2, -0.15) is 0 Å². The van der Waals surface area contributed by atoms with E-state index in [9.17, 15) is 4.79 Å². The standard InChI is InChI=1S/C21H21ClN4O2/c1-2-28-21(27)16-5-9-18(10-6-16)26-20-13-19(24-14-25-20)23-12-11-15-3-7-17(22)8-4-15/h3-10,13-14H,2,11-12H2,1H3,(H2,23,24,25,26). The average Bonchev–Trinajstić information content (AvgIpc) is 2.71. The van der Waals surface area contributed by atoms with Gasteiger partial charge >= 0.3 is 5.97 Å². The van der Waals surface area contributed by atoms with Crippen molar-refractivity contribution in [2.24, 2.45) is 0 Å². The molecule has 1 heterocycles. The second-order valence-electron chi connectivity index (χ2n) is 6.01. The van der Waals surface area contributed by atoms with Crippen LogP contribution in [0, 0.1) is 0 Å². The minimum Gasteiger partial charge on any atom is -0.462 e. The van der Waals surface area contributed by atoms with E-state index >= 15 is 0 Å². The molecule has 0 bridgehead atoms. The van der Waals surface area contributed by atoms with E-state index in [0.717, 1.165) is 29.5 Å². The summed E-state index contributed by atoms with van der Waals surface area (Å²) < 4.78 is 4.98. The molecule has 0 aliphatic rings. The molecule has 0 atom stereocenters. The van der Waals surface area contributed by atoms with Gasteiger partial charge in [0.2, 0.25) is 0 Å². The number of benzene rings is 2. The van der Waals surface area contributed by atoms with E-state index in [2.05, 4.69) is 20.6 Å². The summed E-state index contributed by atoms with van der Waals surface area (Å²) in [6.07, 6.45) is 2.36. The maximum Gasteiger partial charge on any atom is 0.338 e. The van der Waals surface area contributed by atoms with Crippen LogP contribution < -0.4 is 10.6 Å². The van der Waals surface area contributed by atoms with Crippen LogP contribution in [0.25, 0.3) is 0 Å². The Morgan fingerprint density at radius 3 is 2.46 bits per heavy atom. The monoisotopic (exact) mass is 396 g/mol. The van der Waals surface area contributed by atoms with Gasteiger partial charge in [-0.15, -0.1) is 0 Å². The first kappa shape index (κ1) is 19.6. The zero-order chi connectivity index (χ0) is 19.8.